The first-order valence-corrected chi connectivity index (χ1v) is 18.7. The molecular weight excluding hydrogens is 675 g/mol. The minimum absolute atomic E-state index is 0.162. The van der Waals surface area contributed by atoms with Crippen LogP contribution in [0.15, 0.2) is 103 Å². The van der Waals surface area contributed by atoms with Crippen molar-refractivity contribution in [1.29, 1.82) is 0 Å². The monoisotopic (exact) mass is 723 g/mol. The summed E-state index contributed by atoms with van der Waals surface area (Å²) in [6.45, 7) is 9.86. The molecule has 8 rings (SSSR count). The van der Waals surface area contributed by atoms with Gasteiger partial charge in [-0.25, -0.2) is 15.0 Å². The Morgan fingerprint density at radius 1 is 0.796 bits per heavy atom. The molecule has 2 aliphatic heterocycles. The van der Waals surface area contributed by atoms with Crippen LogP contribution in [-0.4, -0.2) is 80.2 Å². The van der Waals surface area contributed by atoms with Gasteiger partial charge in [0.25, 0.3) is 0 Å². The molecule has 5 heterocycles. The van der Waals surface area contributed by atoms with E-state index in [1.54, 1.807) is 6.20 Å². The first-order chi connectivity index (χ1) is 26.3. The molecule has 6 aromatic rings. The number of pyridine rings is 2. The lowest BCUT2D eigenvalue weighted by Crippen LogP contribution is -2.45. The van der Waals surface area contributed by atoms with E-state index in [2.05, 4.69) is 62.8 Å². The zero-order valence-corrected chi connectivity index (χ0v) is 31.4. The number of benzene rings is 3. The predicted octanol–water partition coefficient (Wildman–Crippen LogP) is 8.08. The number of imidazole rings is 1. The number of hydrogen-bond donors (Lipinski definition) is 2. The highest BCUT2D eigenvalue weighted by atomic mass is 16.3. The van der Waals surface area contributed by atoms with Gasteiger partial charge in [-0.2, -0.15) is 0 Å². The molecule has 2 fully saturated rings. The minimum atomic E-state index is -0.162. The standard InChI is InChI=1S/C34H37N7.C8H6O3.C2H6/c1-39-20-15-34(16-21-39)17-22-40(23-18-34)24-25-9-11-27(12-10-25)41-32(28-8-5-19-36-31(28)35)38-30-14-13-29(37-33(30)41)26-6-3-2-4-7-26;9-4-6-1-2-7(5-10)8(11)3-6;1-2/h2-14,19H,15-18,20-24H2,1H3,(H2,35,36);1-5,11H;1-2H3. The van der Waals surface area contributed by atoms with Crippen LogP contribution in [-0.2, 0) is 6.54 Å². The lowest BCUT2D eigenvalue weighted by atomic mass is 9.71. The van der Waals surface area contributed by atoms with Crippen molar-refractivity contribution >= 4 is 29.6 Å². The normalized spacial score (nSPS) is 15.5. The number of fused-ring (bicyclic) bond motifs is 1. The third kappa shape index (κ3) is 8.56. The predicted molar refractivity (Wildman–Crippen MR) is 216 cm³/mol. The summed E-state index contributed by atoms with van der Waals surface area (Å²) in [7, 11) is 2.26. The number of aldehydes is 2. The van der Waals surface area contributed by atoms with Crippen LogP contribution in [0, 0.1) is 5.41 Å². The summed E-state index contributed by atoms with van der Waals surface area (Å²) in [6, 6.07) is 31.2. The second-order valence-corrected chi connectivity index (χ2v) is 13.9. The quantitative estimate of drug-likeness (QED) is 0.157. The summed E-state index contributed by atoms with van der Waals surface area (Å²) in [5.74, 6) is 1.04. The van der Waals surface area contributed by atoms with E-state index in [1.165, 1.54) is 75.6 Å². The smallest absolute Gasteiger partial charge is 0.165 e. The number of phenols is 1. The molecular formula is C44H49N7O3. The fourth-order valence-electron chi connectivity index (χ4n) is 7.28. The highest BCUT2D eigenvalue weighted by molar-refractivity contribution is 5.85. The number of nitrogen functional groups attached to an aromatic ring is 1. The maximum atomic E-state index is 10.2. The first kappa shape index (κ1) is 38.0. The molecule has 0 radical (unpaired) electrons. The zero-order valence-electron chi connectivity index (χ0n) is 31.4. The van der Waals surface area contributed by atoms with E-state index in [1.807, 2.05) is 56.3 Å². The summed E-state index contributed by atoms with van der Waals surface area (Å²) in [5.41, 5.74) is 14.2. The summed E-state index contributed by atoms with van der Waals surface area (Å²) in [5, 5.41) is 9.03. The average Bonchev–Trinajstić information content (AvgIpc) is 3.60. The number of carbonyl (C=O) groups excluding carboxylic acids is 2. The molecule has 0 unspecified atom stereocenters. The molecule has 3 aromatic heterocycles. The lowest BCUT2D eigenvalue weighted by Gasteiger charge is -2.46. The number of hydrogen-bond acceptors (Lipinski definition) is 9. The van der Waals surface area contributed by atoms with Gasteiger partial charge in [0.15, 0.2) is 17.8 Å². The Balaban J connectivity index is 0.000000328. The molecule has 0 saturated carbocycles. The number of nitrogens with two attached hydrogens (primary N) is 1. The topological polar surface area (TPSA) is 130 Å². The van der Waals surface area contributed by atoms with Crippen LogP contribution in [0.4, 0.5) is 5.82 Å². The van der Waals surface area contributed by atoms with Crippen LogP contribution in [0.2, 0.25) is 0 Å². The molecule has 2 saturated heterocycles. The summed E-state index contributed by atoms with van der Waals surface area (Å²) in [4.78, 5) is 39.9. The molecule has 0 atom stereocenters. The van der Waals surface area contributed by atoms with E-state index >= 15 is 0 Å². The fraction of sp³-hybridized carbons (Fsp3) is 0.295. The molecule has 10 heteroatoms. The molecule has 10 nitrogen and oxygen atoms in total. The molecule has 54 heavy (non-hydrogen) atoms. The molecule has 278 valence electrons. The van der Waals surface area contributed by atoms with E-state index < -0.39 is 0 Å². The third-order valence-electron chi connectivity index (χ3n) is 10.5. The number of aromatic hydroxyl groups is 1. The van der Waals surface area contributed by atoms with Crippen LogP contribution in [0.1, 0.15) is 65.8 Å². The number of aromatic nitrogens is 4. The first-order valence-electron chi connectivity index (χ1n) is 18.7. The van der Waals surface area contributed by atoms with Crippen molar-refractivity contribution < 1.29 is 14.7 Å². The van der Waals surface area contributed by atoms with Gasteiger partial charge < -0.3 is 15.7 Å². The minimum Gasteiger partial charge on any atom is -0.507 e. The molecule has 0 amide bonds. The van der Waals surface area contributed by atoms with Crippen LogP contribution >= 0.6 is 0 Å². The number of carbonyl (C=O) groups is 2. The highest BCUT2D eigenvalue weighted by Gasteiger charge is 2.36. The summed E-state index contributed by atoms with van der Waals surface area (Å²) < 4.78 is 2.11. The molecule has 0 aliphatic carbocycles. The average molecular weight is 724 g/mol. The Morgan fingerprint density at radius 3 is 2.15 bits per heavy atom. The van der Waals surface area contributed by atoms with Gasteiger partial charge in [-0.15, -0.1) is 0 Å². The van der Waals surface area contributed by atoms with Crippen LogP contribution in [0.5, 0.6) is 5.75 Å². The van der Waals surface area contributed by atoms with Gasteiger partial charge in [-0.3, -0.25) is 19.1 Å². The maximum absolute atomic E-state index is 10.2. The van der Waals surface area contributed by atoms with Crippen LogP contribution < -0.4 is 5.73 Å². The van der Waals surface area contributed by atoms with Gasteiger partial charge in [0.2, 0.25) is 0 Å². The van der Waals surface area contributed by atoms with E-state index in [4.69, 9.17) is 20.8 Å². The van der Waals surface area contributed by atoms with Crippen molar-refractivity contribution in [1.82, 2.24) is 29.3 Å². The Bertz CT molecular complexity index is 2170. The van der Waals surface area contributed by atoms with Gasteiger partial charge in [-0.05, 0) is 118 Å². The molecule has 3 N–H and O–H groups in total. The van der Waals surface area contributed by atoms with Gasteiger partial charge in [0.05, 0.1) is 16.8 Å². The van der Waals surface area contributed by atoms with Gasteiger partial charge in [-0.1, -0.05) is 62.4 Å². The lowest BCUT2D eigenvalue weighted by molar-refractivity contribution is 0.0401. The van der Waals surface area contributed by atoms with Crippen molar-refractivity contribution in [3.63, 3.8) is 0 Å². The largest absolute Gasteiger partial charge is 0.507 e. The summed E-state index contributed by atoms with van der Waals surface area (Å²) >= 11 is 0. The van der Waals surface area contributed by atoms with Crippen molar-refractivity contribution in [2.45, 2.75) is 46.1 Å². The number of anilines is 1. The second kappa shape index (κ2) is 17.4. The van der Waals surface area contributed by atoms with Gasteiger partial charge in [0, 0.05) is 29.6 Å². The highest BCUT2D eigenvalue weighted by Crippen LogP contribution is 2.41. The molecule has 2 aliphatic rings. The fourth-order valence-corrected chi connectivity index (χ4v) is 7.28. The Hall–Kier alpha value is -5.71. The number of rotatable bonds is 7. The molecule has 0 bridgehead atoms. The molecule has 3 aromatic carbocycles. The van der Waals surface area contributed by atoms with E-state index in [9.17, 15) is 9.59 Å². The van der Waals surface area contributed by atoms with Gasteiger partial charge >= 0.3 is 0 Å². The van der Waals surface area contributed by atoms with E-state index in [0.29, 0.717) is 29.4 Å². The van der Waals surface area contributed by atoms with E-state index in [0.717, 1.165) is 46.0 Å². The number of phenolic OH excluding ortho intramolecular Hbond substituents is 1. The molecule has 1 spiro atoms. The Labute approximate surface area is 317 Å². The zero-order chi connectivity index (χ0) is 38.1. The van der Waals surface area contributed by atoms with Crippen molar-refractivity contribution in [2.75, 3.05) is 39.0 Å². The number of piperidine rings is 2. The van der Waals surface area contributed by atoms with Gasteiger partial charge in [0.1, 0.15) is 23.4 Å². The van der Waals surface area contributed by atoms with Crippen molar-refractivity contribution in [2.24, 2.45) is 5.41 Å². The van der Waals surface area contributed by atoms with Crippen molar-refractivity contribution in [3.05, 3.63) is 120 Å². The third-order valence-corrected chi connectivity index (χ3v) is 10.5. The summed E-state index contributed by atoms with van der Waals surface area (Å²) in [6.07, 6.45) is 8.21. The Kier molecular flexibility index (Phi) is 12.3. The second-order valence-electron chi connectivity index (χ2n) is 13.9. The number of nitrogens with zero attached hydrogens (tertiary/aromatic N) is 6. The van der Waals surface area contributed by atoms with Crippen molar-refractivity contribution in [3.8, 4) is 34.1 Å². The SMILES string of the molecule is CC.CN1CCC2(CC1)CCN(Cc1ccc(-n3c(-c4cccnc4N)nc4ccc(-c5ccccc5)nc43)cc1)CC2.O=Cc1ccc(C=O)c(O)c1. The van der Waals surface area contributed by atoms with E-state index in [-0.39, 0.29) is 11.3 Å². The Morgan fingerprint density at radius 2 is 1.50 bits per heavy atom. The number of likely N-dealkylation sites (tertiary alicyclic amines) is 2. The van der Waals surface area contributed by atoms with Crippen LogP contribution in [0.25, 0.3) is 39.5 Å². The van der Waals surface area contributed by atoms with Crippen LogP contribution in [0.3, 0.4) is 0 Å². The maximum Gasteiger partial charge on any atom is 0.165 e.